The summed E-state index contributed by atoms with van der Waals surface area (Å²) in [6.07, 6.45) is 0. The lowest BCUT2D eigenvalue weighted by Gasteiger charge is -2.14. The van der Waals surface area contributed by atoms with Crippen LogP contribution in [0.5, 0.6) is 5.75 Å². The number of rotatable bonds is 7. The van der Waals surface area contributed by atoms with Crippen molar-refractivity contribution >= 4 is 5.91 Å². The van der Waals surface area contributed by atoms with Gasteiger partial charge in [0.05, 0.1) is 5.56 Å². The molecular formula is C14H19N3O2. The molecule has 0 aliphatic rings. The molecule has 0 unspecified atom stereocenters. The number of nitriles is 1. The Labute approximate surface area is 113 Å². The highest BCUT2D eigenvalue weighted by Crippen LogP contribution is 2.15. The zero-order valence-electron chi connectivity index (χ0n) is 11.3. The van der Waals surface area contributed by atoms with Crippen LogP contribution in [0.3, 0.4) is 0 Å². The van der Waals surface area contributed by atoms with Gasteiger partial charge in [0.1, 0.15) is 11.8 Å². The number of hydrogen-bond donors (Lipinski definition) is 1. The second kappa shape index (κ2) is 8.11. The molecule has 0 bridgehead atoms. The standard InChI is InChI=1S/C14H19N3O2/c1-3-17(2)9-8-16-14(18)11-19-13-7-5-4-6-12(13)10-15/h4-7H,3,8-9,11H2,1-2H3,(H,16,18). The predicted molar refractivity (Wildman–Crippen MR) is 72.8 cm³/mol. The van der Waals surface area contributed by atoms with E-state index in [0.717, 1.165) is 13.1 Å². The van der Waals surface area contributed by atoms with Crippen LogP contribution in [0.2, 0.25) is 0 Å². The maximum absolute atomic E-state index is 11.5. The topological polar surface area (TPSA) is 65.4 Å². The molecule has 0 aromatic heterocycles. The van der Waals surface area contributed by atoms with Gasteiger partial charge in [-0.1, -0.05) is 19.1 Å². The van der Waals surface area contributed by atoms with Crippen molar-refractivity contribution in [3.8, 4) is 11.8 Å². The zero-order chi connectivity index (χ0) is 14.1. The van der Waals surface area contributed by atoms with Crippen LogP contribution in [0, 0.1) is 11.3 Å². The molecular weight excluding hydrogens is 242 g/mol. The number of hydrogen-bond acceptors (Lipinski definition) is 4. The molecule has 0 spiro atoms. The van der Waals surface area contributed by atoms with Gasteiger partial charge in [0.15, 0.2) is 6.61 Å². The highest BCUT2D eigenvalue weighted by atomic mass is 16.5. The fraction of sp³-hybridized carbons (Fsp3) is 0.429. The molecule has 1 aromatic rings. The van der Waals surface area contributed by atoms with E-state index in [1.807, 2.05) is 13.1 Å². The number of nitrogens with zero attached hydrogens (tertiary/aromatic N) is 2. The van der Waals surface area contributed by atoms with Crippen molar-refractivity contribution < 1.29 is 9.53 Å². The summed E-state index contributed by atoms with van der Waals surface area (Å²) in [5, 5.41) is 11.6. The first-order valence-electron chi connectivity index (χ1n) is 6.24. The number of carbonyl (C=O) groups excluding carboxylic acids is 1. The van der Waals surface area contributed by atoms with Crippen LogP contribution in [0.15, 0.2) is 24.3 Å². The average molecular weight is 261 g/mol. The normalized spacial score (nSPS) is 10.0. The van der Waals surface area contributed by atoms with Gasteiger partial charge in [-0.3, -0.25) is 4.79 Å². The van der Waals surface area contributed by atoms with E-state index in [-0.39, 0.29) is 12.5 Å². The Morgan fingerprint density at radius 2 is 2.21 bits per heavy atom. The Morgan fingerprint density at radius 1 is 1.47 bits per heavy atom. The summed E-state index contributed by atoms with van der Waals surface area (Å²) in [4.78, 5) is 13.7. The molecule has 102 valence electrons. The van der Waals surface area contributed by atoms with Gasteiger partial charge in [0.25, 0.3) is 5.91 Å². The summed E-state index contributed by atoms with van der Waals surface area (Å²) in [5.41, 5.74) is 0.431. The fourth-order valence-electron chi connectivity index (χ4n) is 1.42. The summed E-state index contributed by atoms with van der Waals surface area (Å²) >= 11 is 0. The Hall–Kier alpha value is -2.06. The number of nitrogens with one attached hydrogen (secondary N) is 1. The molecule has 5 heteroatoms. The van der Waals surface area contributed by atoms with Gasteiger partial charge in [-0.2, -0.15) is 5.26 Å². The molecule has 1 rings (SSSR count). The summed E-state index contributed by atoms with van der Waals surface area (Å²) in [7, 11) is 1.99. The van der Waals surface area contributed by atoms with Gasteiger partial charge in [-0.15, -0.1) is 0 Å². The highest BCUT2D eigenvalue weighted by molar-refractivity contribution is 5.77. The van der Waals surface area contributed by atoms with E-state index in [4.69, 9.17) is 10.00 Å². The number of para-hydroxylation sites is 1. The zero-order valence-corrected chi connectivity index (χ0v) is 11.3. The maximum Gasteiger partial charge on any atom is 0.257 e. The van der Waals surface area contributed by atoms with Crippen LogP contribution < -0.4 is 10.1 Å². The summed E-state index contributed by atoms with van der Waals surface area (Å²) < 4.78 is 5.33. The van der Waals surface area contributed by atoms with Gasteiger partial charge >= 0.3 is 0 Å². The molecule has 0 saturated carbocycles. The van der Waals surface area contributed by atoms with Crippen LogP contribution in [0.25, 0.3) is 0 Å². The van der Waals surface area contributed by atoms with Crippen LogP contribution in [-0.2, 0) is 4.79 Å². The molecule has 19 heavy (non-hydrogen) atoms. The minimum Gasteiger partial charge on any atom is -0.482 e. The van der Waals surface area contributed by atoms with Gasteiger partial charge in [-0.05, 0) is 25.7 Å². The Morgan fingerprint density at radius 3 is 2.89 bits per heavy atom. The molecule has 0 radical (unpaired) electrons. The lowest BCUT2D eigenvalue weighted by atomic mass is 10.2. The van der Waals surface area contributed by atoms with Crippen molar-refractivity contribution in [1.29, 1.82) is 5.26 Å². The van der Waals surface area contributed by atoms with E-state index in [2.05, 4.69) is 17.1 Å². The van der Waals surface area contributed by atoms with E-state index in [1.165, 1.54) is 0 Å². The van der Waals surface area contributed by atoms with E-state index < -0.39 is 0 Å². The number of amides is 1. The molecule has 0 saturated heterocycles. The SMILES string of the molecule is CCN(C)CCNC(=O)COc1ccccc1C#N. The number of benzene rings is 1. The second-order valence-corrected chi connectivity index (χ2v) is 4.14. The molecule has 1 N–H and O–H groups in total. The molecule has 1 amide bonds. The van der Waals surface area contributed by atoms with E-state index >= 15 is 0 Å². The van der Waals surface area contributed by atoms with Crippen LogP contribution in [0.4, 0.5) is 0 Å². The number of ether oxygens (including phenoxy) is 1. The summed E-state index contributed by atoms with van der Waals surface area (Å²) in [6, 6.07) is 8.88. The predicted octanol–water partition coefficient (Wildman–Crippen LogP) is 1.00. The Balaban J connectivity index is 2.32. The largest absolute Gasteiger partial charge is 0.482 e. The minimum absolute atomic E-state index is 0.0749. The number of carbonyl (C=O) groups is 1. The van der Waals surface area contributed by atoms with Gasteiger partial charge in [0.2, 0.25) is 0 Å². The van der Waals surface area contributed by atoms with Crippen LogP contribution in [0.1, 0.15) is 12.5 Å². The Kier molecular flexibility index (Phi) is 6.41. The first-order valence-corrected chi connectivity index (χ1v) is 6.24. The molecule has 0 aliphatic heterocycles. The molecule has 0 atom stereocenters. The van der Waals surface area contributed by atoms with Crippen molar-refractivity contribution in [2.45, 2.75) is 6.92 Å². The Bertz CT molecular complexity index is 454. The first-order chi connectivity index (χ1) is 9.17. The molecule has 5 nitrogen and oxygen atoms in total. The summed E-state index contributed by atoms with van der Waals surface area (Å²) in [5.74, 6) is 0.253. The quantitative estimate of drug-likeness (QED) is 0.795. The lowest BCUT2D eigenvalue weighted by Crippen LogP contribution is -2.35. The third-order valence-corrected chi connectivity index (χ3v) is 2.72. The van der Waals surface area contributed by atoms with E-state index in [1.54, 1.807) is 24.3 Å². The monoisotopic (exact) mass is 261 g/mol. The molecule has 0 aliphatic carbocycles. The molecule has 0 heterocycles. The van der Waals surface area contributed by atoms with Crippen molar-refractivity contribution in [3.63, 3.8) is 0 Å². The highest BCUT2D eigenvalue weighted by Gasteiger charge is 2.06. The van der Waals surface area contributed by atoms with E-state index in [9.17, 15) is 4.79 Å². The second-order valence-electron chi connectivity index (χ2n) is 4.14. The summed E-state index contributed by atoms with van der Waals surface area (Å²) in [6.45, 7) is 4.32. The van der Waals surface area contributed by atoms with Crippen LogP contribution in [-0.4, -0.2) is 44.1 Å². The number of likely N-dealkylation sites (N-methyl/N-ethyl adjacent to an activating group) is 1. The third-order valence-electron chi connectivity index (χ3n) is 2.72. The average Bonchev–Trinajstić information content (AvgIpc) is 2.45. The maximum atomic E-state index is 11.5. The smallest absolute Gasteiger partial charge is 0.257 e. The fourth-order valence-corrected chi connectivity index (χ4v) is 1.42. The van der Waals surface area contributed by atoms with Crippen LogP contribution >= 0.6 is 0 Å². The molecule has 1 aromatic carbocycles. The first kappa shape index (κ1) is 15.0. The van der Waals surface area contributed by atoms with E-state index in [0.29, 0.717) is 17.9 Å². The van der Waals surface area contributed by atoms with Gasteiger partial charge in [0, 0.05) is 13.1 Å². The third kappa shape index (κ3) is 5.40. The van der Waals surface area contributed by atoms with Crippen molar-refractivity contribution in [2.75, 3.05) is 33.3 Å². The van der Waals surface area contributed by atoms with Crippen molar-refractivity contribution in [3.05, 3.63) is 29.8 Å². The minimum atomic E-state index is -0.183. The van der Waals surface area contributed by atoms with Crippen molar-refractivity contribution in [2.24, 2.45) is 0 Å². The molecule has 0 fully saturated rings. The lowest BCUT2D eigenvalue weighted by molar-refractivity contribution is -0.123. The van der Waals surface area contributed by atoms with Gasteiger partial charge < -0.3 is 15.0 Å². The van der Waals surface area contributed by atoms with Crippen molar-refractivity contribution in [1.82, 2.24) is 10.2 Å². The van der Waals surface area contributed by atoms with Gasteiger partial charge in [-0.25, -0.2) is 0 Å².